The lowest BCUT2D eigenvalue weighted by atomic mass is 10.2. The first-order chi connectivity index (χ1) is 12.3. The smallest absolute Gasteiger partial charge is 0.251 e. The van der Waals surface area contributed by atoms with Crippen molar-refractivity contribution in [1.82, 2.24) is 5.32 Å². The molecule has 0 aliphatic heterocycles. The first-order valence-corrected chi connectivity index (χ1v) is 10.2. The predicted octanol–water partition coefficient (Wildman–Crippen LogP) is 3.47. The molecule has 0 aliphatic carbocycles. The van der Waals surface area contributed by atoms with E-state index in [0.717, 1.165) is 6.26 Å². The number of unbranched alkanes of at least 4 members (excludes halogenated alkanes) is 1. The minimum Gasteiger partial charge on any atom is -0.494 e. The number of nitrogens with one attached hydrogen (secondary N) is 1. The Kier molecular flexibility index (Phi) is 6.99. The fourth-order valence-corrected chi connectivity index (χ4v) is 3.48. The van der Waals surface area contributed by atoms with Gasteiger partial charge < -0.3 is 10.1 Å². The monoisotopic (exact) mass is 399 g/mol. The van der Waals surface area contributed by atoms with Gasteiger partial charge in [0.05, 0.1) is 16.5 Å². The van der Waals surface area contributed by atoms with Gasteiger partial charge in [-0.25, -0.2) is 12.8 Å². The molecule has 0 aromatic heterocycles. The summed E-state index contributed by atoms with van der Waals surface area (Å²) in [6, 6.07) is 9.89. The molecule has 0 spiro atoms. The van der Waals surface area contributed by atoms with Crippen LogP contribution in [0.1, 0.15) is 23.2 Å². The Morgan fingerprint density at radius 3 is 2.50 bits per heavy atom. The highest BCUT2D eigenvalue weighted by atomic mass is 35.5. The van der Waals surface area contributed by atoms with Crippen LogP contribution in [-0.4, -0.2) is 33.7 Å². The summed E-state index contributed by atoms with van der Waals surface area (Å²) in [5.41, 5.74) is 0.234. The topological polar surface area (TPSA) is 72.5 Å². The number of halogens is 2. The Labute approximate surface area is 157 Å². The van der Waals surface area contributed by atoms with Crippen molar-refractivity contribution in [3.05, 3.63) is 58.9 Å². The third-order valence-corrected chi connectivity index (χ3v) is 5.11. The first-order valence-electron chi connectivity index (χ1n) is 7.93. The van der Waals surface area contributed by atoms with Gasteiger partial charge in [0.25, 0.3) is 5.91 Å². The maximum Gasteiger partial charge on any atom is 0.251 e. The molecule has 2 aromatic rings. The fourth-order valence-electron chi connectivity index (χ4n) is 2.18. The third kappa shape index (κ3) is 6.00. The second-order valence-electron chi connectivity index (χ2n) is 5.68. The second kappa shape index (κ2) is 9.00. The summed E-state index contributed by atoms with van der Waals surface area (Å²) in [5, 5.41) is 2.81. The van der Waals surface area contributed by atoms with E-state index in [4.69, 9.17) is 16.3 Å². The van der Waals surface area contributed by atoms with Crippen LogP contribution in [0.25, 0.3) is 0 Å². The van der Waals surface area contributed by atoms with E-state index in [1.165, 1.54) is 30.3 Å². The second-order valence-corrected chi connectivity index (χ2v) is 8.07. The van der Waals surface area contributed by atoms with E-state index in [1.54, 1.807) is 12.1 Å². The number of hydrogen-bond donors (Lipinski definition) is 1. The summed E-state index contributed by atoms with van der Waals surface area (Å²) in [6.07, 6.45) is 2.42. The molecular formula is C18H19ClFNO4S. The molecule has 0 radical (unpaired) electrons. The Bertz CT molecular complexity index is 869. The quantitative estimate of drug-likeness (QED) is 0.690. The third-order valence-electron chi connectivity index (χ3n) is 3.53. The highest BCUT2D eigenvalue weighted by Crippen LogP contribution is 2.22. The van der Waals surface area contributed by atoms with Crippen LogP contribution in [0.3, 0.4) is 0 Å². The lowest BCUT2D eigenvalue weighted by Gasteiger charge is -2.08. The Balaban J connectivity index is 1.76. The van der Waals surface area contributed by atoms with E-state index in [0.29, 0.717) is 31.7 Å². The molecule has 8 heteroatoms. The molecule has 1 N–H and O–H groups in total. The normalized spacial score (nSPS) is 11.2. The fraction of sp³-hybridized carbons (Fsp3) is 0.278. The van der Waals surface area contributed by atoms with Gasteiger partial charge in [-0.15, -0.1) is 0 Å². The number of hydrogen-bond acceptors (Lipinski definition) is 4. The predicted molar refractivity (Wildman–Crippen MR) is 98.0 cm³/mol. The van der Waals surface area contributed by atoms with Gasteiger partial charge in [-0.3, -0.25) is 4.79 Å². The van der Waals surface area contributed by atoms with Gasteiger partial charge in [0.1, 0.15) is 11.6 Å². The van der Waals surface area contributed by atoms with Crippen LogP contribution in [0.15, 0.2) is 47.4 Å². The summed E-state index contributed by atoms with van der Waals surface area (Å²) in [4.78, 5) is 12.0. The number of benzene rings is 2. The van der Waals surface area contributed by atoms with Crippen molar-refractivity contribution in [1.29, 1.82) is 0 Å². The molecule has 0 saturated heterocycles. The van der Waals surface area contributed by atoms with Gasteiger partial charge in [-0.2, -0.15) is 0 Å². The van der Waals surface area contributed by atoms with Crippen LogP contribution in [0.5, 0.6) is 5.75 Å². The minimum absolute atomic E-state index is 0.0699. The van der Waals surface area contributed by atoms with Crippen LogP contribution in [0.2, 0.25) is 5.02 Å². The summed E-state index contributed by atoms with van der Waals surface area (Å²) < 4.78 is 41.5. The number of rotatable bonds is 8. The highest BCUT2D eigenvalue weighted by Gasteiger charge is 2.15. The van der Waals surface area contributed by atoms with Crippen molar-refractivity contribution in [2.45, 2.75) is 17.7 Å². The maximum absolute atomic E-state index is 12.8. The molecule has 5 nitrogen and oxygen atoms in total. The van der Waals surface area contributed by atoms with Crippen molar-refractivity contribution in [3.63, 3.8) is 0 Å². The average molecular weight is 400 g/mol. The largest absolute Gasteiger partial charge is 0.494 e. The van der Waals surface area contributed by atoms with E-state index in [1.807, 2.05) is 0 Å². The number of amides is 1. The molecule has 2 rings (SSSR count). The first kappa shape index (κ1) is 20.2. The SMILES string of the molecule is CS(=O)(=O)c1cc(C(=O)NCCCCOc2ccc(F)cc2)ccc1Cl. The van der Waals surface area contributed by atoms with Gasteiger partial charge in [0, 0.05) is 18.4 Å². The Morgan fingerprint density at radius 1 is 1.15 bits per heavy atom. The van der Waals surface area contributed by atoms with Gasteiger partial charge >= 0.3 is 0 Å². The number of sulfone groups is 1. The van der Waals surface area contributed by atoms with Crippen molar-refractivity contribution in [3.8, 4) is 5.75 Å². The number of ether oxygens (including phenoxy) is 1. The molecule has 0 atom stereocenters. The zero-order valence-electron chi connectivity index (χ0n) is 14.2. The summed E-state index contributed by atoms with van der Waals surface area (Å²) in [7, 11) is -3.50. The summed E-state index contributed by atoms with van der Waals surface area (Å²) in [6.45, 7) is 0.864. The number of carbonyl (C=O) groups is 1. The molecule has 0 aliphatic rings. The summed E-state index contributed by atoms with van der Waals surface area (Å²) >= 11 is 5.86. The van der Waals surface area contributed by atoms with E-state index in [9.17, 15) is 17.6 Å². The van der Waals surface area contributed by atoms with E-state index >= 15 is 0 Å². The van der Waals surface area contributed by atoms with Gasteiger partial charge in [-0.05, 0) is 55.3 Å². The van der Waals surface area contributed by atoms with Crippen LogP contribution in [-0.2, 0) is 9.84 Å². The van der Waals surface area contributed by atoms with Crippen molar-refractivity contribution < 1.29 is 22.3 Å². The van der Waals surface area contributed by atoms with Gasteiger partial charge in [0.15, 0.2) is 9.84 Å². The highest BCUT2D eigenvalue weighted by molar-refractivity contribution is 7.90. The molecule has 2 aromatic carbocycles. The molecule has 140 valence electrons. The van der Waals surface area contributed by atoms with E-state index in [-0.39, 0.29) is 27.2 Å². The molecule has 0 bridgehead atoms. The average Bonchev–Trinajstić information content (AvgIpc) is 2.58. The molecule has 0 heterocycles. The molecule has 26 heavy (non-hydrogen) atoms. The van der Waals surface area contributed by atoms with Crippen LogP contribution in [0, 0.1) is 5.82 Å². The zero-order valence-corrected chi connectivity index (χ0v) is 15.7. The van der Waals surface area contributed by atoms with Gasteiger partial charge in [-0.1, -0.05) is 11.6 Å². The standard InChI is InChI=1S/C18H19ClFNO4S/c1-26(23,24)17-12-13(4-9-16(17)19)18(22)21-10-2-3-11-25-15-7-5-14(20)6-8-15/h4-9,12H,2-3,10-11H2,1H3,(H,21,22). The molecule has 0 fully saturated rings. The molecule has 0 unspecified atom stereocenters. The molecular weight excluding hydrogens is 381 g/mol. The Morgan fingerprint density at radius 2 is 1.85 bits per heavy atom. The summed E-state index contributed by atoms with van der Waals surface area (Å²) in [5.74, 6) is -0.0998. The van der Waals surface area contributed by atoms with Crippen molar-refractivity contribution >= 4 is 27.3 Å². The van der Waals surface area contributed by atoms with Crippen molar-refractivity contribution in [2.24, 2.45) is 0 Å². The molecule has 0 saturated carbocycles. The van der Waals surface area contributed by atoms with Crippen LogP contribution in [0.4, 0.5) is 4.39 Å². The lowest BCUT2D eigenvalue weighted by Crippen LogP contribution is -2.25. The van der Waals surface area contributed by atoms with Crippen molar-refractivity contribution in [2.75, 3.05) is 19.4 Å². The zero-order chi connectivity index (χ0) is 19.2. The van der Waals surface area contributed by atoms with Crippen LogP contribution < -0.4 is 10.1 Å². The lowest BCUT2D eigenvalue weighted by molar-refractivity contribution is 0.0952. The van der Waals surface area contributed by atoms with Crippen LogP contribution >= 0.6 is 11.6 Å². The maximum atomic E-state index is 12.8. The van der Waals surface area contributed by atoms with E-state index < -0.39 is 9.84 Å². The number of carbonyl (C=O) groups excluding carboxylic acids is 1. The Hall–Kier alpha value is -2.12. The molecule has 1 amide bonds. The minimum atomic E-state index is -3.50. The van der Waals surface area contributed by atoms with E-state index in [2.05, 4.69) is 5.32 Å². The van der Waals surface area contributed by atoms with Gasteiger partial charge in [0.2, 0.25) is 0 Å².